The number of halogens is 2. The van der Waals surface area contributed by atoms with Crippen molar-refractivity contribution < 1.29 is 0 Å². The van der Waals surface area contributed by atoms with Crippen molar-refractivity contribution in [3.63, 3.8) is 0 Å². The molecule has 0 saturated carbocycles. The van der Waals surface area contributed by atoms with Crippen molar-refractivity contribution in [2.45, 2.75) is 6.92 Å². The summed E-state index contributed by atoms with van der Waals surface area (Å²) in [6.07, 6.45) is 0. The predicted octanol–water partition coefficient (Wildman–Crippen LogP) is 3.83. The minimum atomic E-state index is -1.45. The molecule has 3 heteroatoms. The zero-order chi connectivity index (χ0) is 11.5. The molecule has 0 N–H and O–H groups in total. The first-order valence-electron chi connectivity index (χ1n) is 5.03. The third-order valence-corrected chi connectivity index (χ3v) is 4.56. The Morgan fingerprint density at radius 3 is 2.12 bits per heavy atom. The molecule has 2 aromatic rings. The van der Waals surface area contributed by atoms with Crippen molar-refractivity contribution in [2.24, 2.45) is 0 Å². The van der Waals surface area contributed by atoms with Crippen LogP contribution in [0, 0.1) is 6.92 Å². The lowest BCUT2D eigenvalue weighted by atomic mass is 10.0. The second-order valence-electron chi connectivity index (χ2n) is 3.67. The van der Waals surface area contributed by atoms with Crippen molar-refractivity contribution in [1.82, 2.24) is 0 Å². The molecule has 0 aromatic heterocycles. The largest absolute Gasteiger partial charge is 0.307 e. The van der Waals surface area contributed by atoms with E-state index in [1.807, 2.05) is 18.2 Å². The van der Waals surface area contributed by atoms with Crippen LogP contribution < -0.4 is 5.19 Å². The Morgan fingerprint density at radius 1 is 0.875 bits per heavy atom. The lowest BCUT2D eigenvalue weighted by molar-refractivity contribution is 1.47. The molecule has 2 rings (SSSR count). The first kappa shape index (κ1) is 11.7. The molecule has 81 valence electrons. The summed E-state index contributed by atoms with van der Waals surface area (Å²) in [5, 5.41) is 1.06. The van der Waals surface area contributed by atoms with E-state index in [2.05, 4.69) is 37.3 Å². The van der Waals surface area contributed by atoms with E-state index >= 15 is 0 Å². The fourth-order valence-electron chi connectivity index (χ4n) is 1.63. The molecule has 0 heterocycles. The van der Waals surface area contributed by atoms with Gasteiger partial charge in [-0.2, -0.15) is 0 Å². The summed E-state index contributed by atoms with van der Waals surface area (Å²) in [5.41, 5.74) is 3.56. The zero-order valence-corrected chi connectivity index (χ0v) is 11.4. The number of hydrogen-bond acceptors (Lipinski definition) is 0. The molecule has 0 bridgehead atoms. The van der Waals surface area contributed by atoms with E-state index in [1.54, 1.807) is 0 Å². The van der Waals surface area contributed by atoms with Crippen LogP contribution in [0.2, 0.25) is 0 Å². The van der Waals surface area contributed by atoms with Gasteiger partial charge in [-0.05, 0) is 23.2 Å². The highest BCUT2D eigenvalue weighted by Crippen LogP contribution is 2.19. The van der Waals surface area contributed by atoms with Gasteiger partial charge in [0.15, 0.2) is 0 Å². The van der Waals surface area contributed by atoms with Gasteiger partial charge in [0.25, 0.3) is 0 Å². The monoisotopic (exact) mass is 265 g/mol. The second kappa shape index (κ2) is 5.04. The summed E-state index contributed by atoms with van der Waals surface area (Å²) in [6, 6.07) is 16.5. The van der Waals surface area contributed by atoms with Gasteiger partial charge in [0.2, 0.25) is 0 Å². The van der Waals surface area contributed by atoms with Gasteiger partial charge in [-0.1, -0.05) is 54.1 Å². The van der Waals surface area contributed by atoms with Gasteiger partial charge >= 0.3 is 7.42 Å². The highest BCUT2D eigenvalue weighted by molar-refractivity contribution is 7.39. The van der Waals surface area contributed by atoms with Crippen molar-refractivity contribution >= 4 is 34.8 Å². The molecule has 2 aromatic carbocycles. The molecular weight excluding hydrogens is 255 g/mol. The Balaban J connectivity index is 2.51. The highest BCUT2D eigenvalue weighted by Gasteiger charge is 2.13. The summed E-state index contributed by atoms with van der Waals surface area (Å²) in [7, 11) is -1.45. The van der Waals surface area contributed by atoms with Crippen LogP contribution in [0.3, 0.4) is 0 Å². The summed E-state index contributed by atoms with van der Waals surface area (Å²) in [4.78, 5) is 0. The molecule has 0 nitrogen and oxygen atoms in total. The van der Waals surface area contributed by atoms with Crippen LogP contribution in [0.5, 0.6) is 0 Å². The molecule has 0 aliphatic rings. The number of aryl methyl sites for hydroxylation is 1. The molecule has 1 radical (unpaired) electrons. The minimum Gasteiger partial charge on any atom is -0.140 e. The Kier molecular flexibility index (Phi) is 3.69. The molecule has 0 spiro atoms. The molecule has 0 aliphatic heterocycles. The van der Waals surface area contributed by atoms with Gasteiger partial charge in [-0.3, -0.25) is 0 Å². The lowest BCUT2D eigenvalue weighted by Crippen LogP contribution is -2.20. The van der Waals surface area contributed by atoms with Gasteiger partial charge in [0, 0.05) is 0 Å². The van der Waals surface area contributed by atoms with E-state index in [4.69, 9.17) is 22.2 Å². The SMILES string of the molecule is Cc1ccc(-c2ccccc2[Si](Cl)Cl)cc1. The third kappa shape index (κ3) is 2.49. The Bertz CT molecular complexity index is 478. The second-order valence-corrected chi connectivity index (χ2v) is 7.58. The summed E-state index contributed by atoms with van der Waals surface area (Å²) >= 11 is 12.1. The van der Waals surface area contributed by atoms with E-state index in [9.17, 15) is 0 Å². The van der Waals surface area contributed by atoms with Gasteiger partial charge in [0.05, 0.1) is 0 Å². The van der Waals surface area contributed by atoms with Crippen molar-refractivity contribution in [1.29, 1.82) is 0 Å². The van der Waals surface area contributed by atoms with Crippen LogP contribution >= 0.6 is 22.2 Å². The van der Waals surface area contributed by atoms with E-state index in [1.165, 1.54) is 11.1 Å². The van der Waals surface area contributed by atoms with Crippen molar-refractivity contribution in [3.8, 4) is 11.1 Å². The Hall–Kier alpha value is -0.763. The van der Waals surface area contributed by atoms with Crippen LogP contribution in [0.4, 0.5) is 0 Å². The molecule has 0 fully saturated rings. The smallest absolute Gasteiger partial charge is 0.140 e. The lowest BCUT2D eigenvalue weighted by Gasteiger charge is -2.09. The summed E-state index contributed by atoms with van der Waals surface area (Å²) in [5.74, 6) is 0. The number of rotatable bonds is 2. The van der Waals surface area contributed by atoms with Gasteiger partial charge < -0.3 is 0 Å². The van der Waals surface area contributed by atoms with Crippen LogP contribution in [-0.4, -0.2) is 7.42 Å². The number of benzene rings is 2. The predicted molar refractivity (Wildman–Crippen MR) is 73.7 cm³/mol. The van der Waals surface area contributed by atoms with E-state index in [-0.39, 0.29) is 0 Å². The summed E-state index contributed by atoms with van der Waals surface area (Å²) in [6.45, 7) is 2.08. The first-order chi connectivity index (χ1) is 7.68. The number of hydrogen-bond donors (Lipinski definition) is 0. The van der Waals surface area contributed by atoms with Gasteiger partial charge in [0.1, 0.15) is 0 Å². The van der Waals surface area contributed by atoms with Crippen molar-refractivity contribution in [2.75, 3.05) is 0 Å². The maximum absolute atomic E-state index is 6.06. The molecule has 0 aliphatic carbocycles. The van der Waals surface area contributed by atoms with E-state index in [0.29, 0.717) is 0 Å². The molecule has 0 saturated heterocycles. The minimum absolute atomic E-state index is 1.06. The van der Waals surface area contributed by atoms with Crippen LogP contribution in [0.25, 0.3) is 11.1 Å². The van der Waals surface area contributed by atoms with E-state index in [0.717, 1.165) is 10.8 Å². The zero-order valence-electron chi connectivity index (χ0n) is 8.87. The maximum atomic E-state index is 6.06. The summed E-state index contributed by atoms with van der Waals surface area (Å²) < 4.78 is 0. The van der Waals surface area contributed by atoms with Gasteiger partial charge in [-0.25, -0.2) is 0 Å². The van der Waals surface area contributed by atoms with E-state index < -0.39 is 7.42 Å². The molecule has 0 unspecified atom stereocenters. The topological polar surface area (TPSA) is 0 Å². The van der Waals surface area contributed by atoms with Gasteiger partial charge in [-0.15, -0.1) is 22.2 Å². The average Bonchev–Trinajstić information content (AvgIpc) is 2.30. The fourth-order valence-corrected chi connectivity index (χ4v) is 3.28. The first-order valence-corrected chi connectivity index (χ1v) is 8.55. The standard InChI is InChI=1S/C13H11Cl2Si/c1-10-6-8-11(9-7-10)12-4-2-3-5-13(12)16(14)15/h2-9H,1H3. The molecule has 16 heavy (non-hydrogen) atoms. The molecule has 0 atom stereocenters. The molecule has 0 amide bonds. The van der Waals surface area contributed by atoms with Crippen LogP contribution in [0.15, 0.2) is 48.5 Å². The van der Waals surface area contributed by atoms with Crippen LogP contribution in [0.1, 0.15) is 5.56 Å². The molecular formula is C13H11Cl2Si. The van der Waals surface area contributed by atoms with Crippen molar-refractivity contribution in [3.05, 3.63) is 54.1 Å². The maximum Gasteiger partial charge on any atom is 0.307 e. The highest BCUT2D eigenvalue weighted by atomic mass is 35.7. The Labute approximate surface area is 107 Å². The Morgan fingerprint density at radius 2 is 1.50 bits per heavy atom. The third-order valence-electron chi connectivity index (χ3n) is 2.49. The van der Waals surface area contributed by atoms with Crippen LogP contribution in [-0.2, 0) is 0 Å². The fraction of sp³-hybridized carbons (Fsp3) is 0.0769. The average molecular weight is 266 g/mol. The quantitative estimate of drug-likeness (QED) is 0.572. The normalized spacial score (nSPS) is 10.8.